The van der Waals surface area contributed by atoms with Crippen LogP contribution in [-0.2, 0) is 9.59 Å². The van der Waals surface area contributed by atoms with Gasteiger partial charge in [0, 0.05) is 0 Å². The van der Waals surface area contributed by atoms with Gasteiger partial charge in [0.1, 0.15) is 0 Å². The molecular formula is C10H16CaN2O6. The van der Waals surface area contributed by atoms with Crippen molar-refractivity contribution in [1.29, 1.82) is 0 Å². The number of aliphatic hydroxyl groups excluding tert-OH is 2. The Balaban J connectivity index is 0.000000324. The Hall–Kier alpha value is 0.0397. The van der Waals surface area contributed by atoms with Crippen molar-refractivity contribution in [3.63, 3.8) is 0 Å². The normalized spacial score (nSPS) is 32.9. The first-order valence-electron chi connectivity index (χ1n) is 5.68. The molecule has 2 fully saturated rings. The number of rotatable bonds is 2. The fraction of sp³-hybridized carbons (Fsp3) is 0.800. The summed E-state index contributed by atoms with van der Waals surface area (Å²) in [4.78, 5) is 20.2. The second-order valence-corrected chi connectivity index (χ2v) is 4.21. The molecule has 0 amide bonds. The Kier molecular flexibility index (Phi) is 9.08. The number of carboxylic acid groups (broad SMARTS) is 2. The molecule has 2 unspecified atom stereocenters. The molecular weight excluding hydrogens is 284 g/mol. The first-order chi connectivity index (χ1) is 8.43. The Morgan fingerprint density at radius 3 is 1.32 bits per heavy atom. The summed E-state index contributed by atoms with van der Waals surface area (Å²) < 4.78 is 0. The average molecular weight is 300 g/mol. The number of carbonyl (C=O) groups is 2. The maximum atomic E-state index is 10.1. The largest absolute Gasteiger partial charge is 2.00 e. The van der Waals surface area contributed by atoms with Gasteiger partial charge in [-0.15, -0.1) is 0 Å². The van der Waals surface area contributed by atoms with E-state index in [2.05, 4.69) is 10.6 Å². The van der Waals surface area contributed by atoms with Gasteiger partial charge in [-0.2, -0.15) is 0 Å². The van der Waals surface area contributed by atoms with Crippen molar-refractivity contribution in [2.24, 2.45) is 0 Å². The van der Waals surface area contributed by atoms with E-state index in [0.29, 0.717) is 25.9 Å². The zero-order valence-electron chi connectivity index (χ0n) is 10.4. The molecule has 0 aromatic heterocycles. The fourth-order valence-corrected chi connectivity index (χ4v) is 1.86. The van der Waals surface area contributed by atoms with Gasteiger partial charge < -0.3 is 40.6 Å². The Bertz CT molecular complexity index is 286. The molecule has 0 spiro atoms. The maximum absolute atomic E-state index is 10.1. The summed E-state index contributed by atoms with van der Waals surface area (Å²) in [5.41, 5.74) is 0. The third-order valence-electron chi connectivity index (χ3n) is 2.89. The van der Waals surface area contributed by atoms with Crippen LogP contribution in [0.1, 0.15) is 12.8 Å². The van der Waals surface area contributed by atoms with Crippen molar-refractivity contribution in [2.75, 3.05) is 13.1 Å². The molecule has 0 aliphatic carbocycles. The molecule has 2 rings (SSSR count). The van der Waals surface area contributed by atoms with Gasteiger partial charge in [-0.3, -0.25) is 0 Å². The molecule has 0 aromatic carbocycles. The van der Waals surface area contributed by atoms with Crippen molar-refractivity contribution < 1.29 is 30.0 Å². The van der Waals surface area contributed by atoms with Crippen LogP contribution in [-0.4, -0.2) is 97.3 Å². The molecule has 2 aliphatic rings. The van der Waals surface area contributed by atoms with Crippen LogP contribution in [0.3, 0.4) is 0 Å². The number of hydrogen-bond donors (Lipinski definition) is 4. The van der Waals surface area contributed by atoms with Gasteiger partial charge in [0.05, 0.1) is 36.2 Å². The molecule has 8 nitrogen and oxygen atoms in total. The van der Waals surface area contributed by atoms with Gasteiger partial charge >= 0.3 is 37.7 Å². The van der Waals surface area contributed by atoms with Crippen LogP contribution in [0.15, 0.2) is 0 Å². The van der Waals surface area contributed by atoms with E-state index < -0.39 is 36.2 Å². The van der Waals surface area contributed by atoms with Crippen LogP contribution >= 0.6 is 0 Å². The van der Waals surface area contributed by atoms with Crippen LogP contribution in [0.4, 0.5) is 0 Å². The third kappa shape index (κ3) is 5.90. The molecule has 9 heteroatoms. The topological polar surface area (TPSA) is 145 Å². The fourth-order valence-electron chi connectivity index (χ4n) is 1.86. The summed E-state index contributed by atoms with van der Waals surface area (Å²) in [5, 5.41) is 43.1. The number of aliphatic hydroxyl groups is 2. The van der Waals surface area contributed by atoms with E-state index in [-0.39, 0.29) is 37.7 Å². The Morgan fingerprint density at radius 2 is 1.21 bits per heavy atom. The van der Waals surface area contributed by atoms with E-state index in [1.54, 1.807) is 0 Å². The van der Waals surface area contributed by atoms with Crippen molar-refractivity contribution in [2.45, 2.75) is 37.1 Å². The monoisotopic (exact) mass is 300 g/mol. The zero-order valence-corrected chi connectivity index (χ0v) is 12.6. The van der Waals surface area contributed by atoms with E-state index in [1.807, 2.05) is 0 Å². The zero-order chi connectivity index (χ0) is 13.7. The Morgan fingerprint density at radius 1 is 0.895 bits per heavy atom. The predicted octanol–water partition coefficient (Wildman–Crippen LogP) is -5.46. The first kappa shape index (κ1) is 19.0. The summed E-state index contributed by atoms with van der Waals surface area (Å²) in [6.45, 7) is 1.11. The van der Waals surface area contributed by atoms with E-state index in [1.165, 1.54) is 0 Å². The molecule has 104 valence electrons. The summed E-state index contributed by atoms with van der Waals surface area (Å²) in [7, 11) is 0. The first-order valence-corrected chi connectivity index (χ1v) is 5.68. The summed E-state index contributed by atoms with van der Waals surface area (Å²) in [6, 6.07) is -1.71. The van der Waals surface area contributed by atoms with Crippen molar-refractivity contribution in [3.8, 4) is 0 Å². The Labute approximate surface area is 140 Å². The van der Waals surface area contributed by atoms with E-state index in [4.69, 9.17) is 10.2 Å². The number of aliphatic carboxylic acids is 2. The molecule has 4 atom stereocenters. The van der Waals surface area contributed by atoms with E-state index in [9.17, 15) is 19.8 Å². The smallest absolute Gasteiger partial charge is 0.548 e. The van der Waals surface area contributed by atoms with Crippen molar-refractivity contribution >= 4 is 49.7 Å². The van der Waals surface area contributed by atoms with Crippen LogP contribution < -0.4 is 20.8 Å². The number of carboxylic acids is 2. The van der Waals surface area contributed by atoms with Crippen LogP contribution in [0, 0.1) is 0 Å². The minimum Gasteiger partial charge on any atom is -0.548 e. The quantitative estimate of drug-likeness (QED) is 0.370. The second kappa shape index (κ2) is 9.06. The standard InChI is InChI=1S/2C5H9NO3.Ca/c2*7-3-1-2-6-4(3)5(8)9;/h2*3-4,6-7H,1-2H2,(H,8,9);/q;;+2/p-2/t2*3?,4-;/m00./s1. The van der Waals surface area contributed by atoms with E-state index in [0.717, 1.165) is 0 Å². The third-order valence-corrected chi connectivity index (χ3v) is 2.89. The van der Waals surface area contributed by atoms with Crippen LogP contribution in [0.5, 0.6) is 0 Å². The molecule has 0 radical (unpaired) electrons. The van der Waals surface area contributed by atoms with Crippen LogP contribution in [0.25, 0.3) is 0 Å². The summed E-state index contributed by atoms with van der Waals surface area (Å²) in [5.74, 6) is -2.44. The molecule has 2 heterocycles. The number of carbonyl (C=O) groups excluding carboxylic acids is 2. The molecule has 0 aromatic rings. The van der Waals surface area contributed by atoms with Gasteiger partial charge in [-0.05, 0) is 25.9 Å². The number of hydrogen-bond acceptors (Lipinski definition) is 8. The number of nitrogens with one attached hydrogen (secondary N) is 2. The van der Waals surface area contributed by atoms with Gasteiger partial charge in [0.15, 0.2) is 0 Å². The summed E-state index contributed by atoms with van der Waals surface area (Å²) in [6.07, 6.45) is -0.540. The van der Waals surface area contributed by atoms with Gasteiger partial charge in [-0.25, -0.2) is 0 Å². The molecule has 2 saturated heterocycles. The predicted molar refractivity (Wildman–Crippen MR) is 60.6 cm³/mol. The van der Waals surface area contributed by atoms with Crippen molar-refractivity contribution in [3.05, 3.63) is 0 Å². The van der Waals surface area contributed by atoms with Crippen molar-refractivity contribution in [1.82, 2.24) is 10.6 Å². The molecule has 0 saturated carbocycles. The molecule has 2 aliphatic heterocycles. The summed E-state index contributed by atoms with van der Waals surface area (Å²) >= 11 is 0. The van der Waals surface area contributed by atoms with Gasteiger partial charge in [0.25, 0.3) is 0 Å². The van der Waals surface area contributed by atoms with Gasteiger partial charge in [0.2, 0.25) is 0 Å². The molecule has 19 heavy (non-hydrogen) atoms. The minimum atomic E-state index is -1.22. The minimum absolute atomic E-state index is 0. The SMILES string of the molecule is O=C([O-])[C@H]1NCCC1O.O=C([O-])[C@H]1NCCC1O.[Ca+2]. The van der Waals surface area contributed by atoms with Gasteiger partial charge in [-0.1, -0.05) is 0 Å². The maximum Gasteiger partial charge on any atom is 2.00 e. The molecule has 4 N–H and O–H groups in total. The van der Waals surface area contributed by atoms with E-state index >= 15 is 0 Å². The average Bonchev–Trinajstić information content (AvgIpc) is 2.87. The second-order valence-electron chi connectivity index (χ2n) is 4.21. The molecule has 0 bridgehead atoms. The van der Waals surface area contributed by atoms with Crippen LogP contribution in [0.2, 0.25) is 0 Å².